The zero-order valence-electron chi connectivity index (χ0n) is 16.0. The molecular weight excluding hydrogens is 366 g/mol. The molecule has 0 saturated carbocycles. The SMILES string of the molecule is CN(C)CCOc1ccc(NC(=O)C(=O)NCCC2=CCCCC2)cc1Cl. The average molecular weight is 394 g/mol. The van der Waals surface area contributed by atoms with Crippen LogP contribution in [0, 0.1) is 0 Å². The Morgan fingerprint density at radius 2 is 2.04 bits per heavy atom. The van der Waals surface area contributed by atoms with Gasteiger partial charge < -0.3 is 20.3 Å². The second-order valence-corrected chi connectivity index (χ2v) is 7.27. The van der Waals surface area contributed by atoms with Crippen molar-refractivity contribution < 1.29 is 14.3 Å². The van der Waals surface area contributed by atoms with Crippen LogP contribution in [-0.4, -0.2) is 50.5 Å². The summed E-state index contributed by atoms with van der Waals surface area (Å²) in [7, 11) is 3.92. The van der Waals surface area contributed by atoms with Crippen LogP contribution in [0.5, 0.6) is 5.75 Å². The first-order chi connectivity index (χ1) is 13.0. The summed E-state index contributed by atoms with van der Waals surface area (Å²) in [6.45, 7) is 1.75. The maximum atomic E-state index is 12.0. The quantitative estimate of drug-likeness (QED) is 0.525. The first-order valence-corrected chi connectivity index (χ1v) is 9.67. The van der Waals surface area contributed by atoms with Gasteiger partial charge in [0.05, 0.1) is 5.02 Å². The monoisotopic (exact) mass is 393 g/mol. The minimum atomic E-state index is -0.704. The molecule has 148 valence electrons. The lowest BCUT2D eigenvalue weighted by atomic mass is 9.97. The fourth-order valence-corrected chi connectivity index (χ4v) is 3.01. The molecule has 1 aliphatic carbocycles. The van der Waals surface area contributed by atoms with Crippen molar-refractivity contribution in [3.63, 3.8) is 0 Å². The van der Waals surface area contributed by atoms with E-state index in [9.17, 15) is 9.59 Å². The van der Waals surface area contributed by atoms with Crippen molar-refractivity contribution in [2.24, 2.45) is 0 Å². The third-order valence-corrected chi connectivity index (χ3v) is 4.60. The summed E-state index contributed by atoms with van der Waals surface area (Å²) in [4.78, 5) is 26.0. The summed E-state index contributed by atoms with van der Waals surface area (Å²) >= 11 is 6.18. The molecule has 0 aliphatic heterocycles. The lowest BCUT2D eigenvalue weighted by molar-refractivity contribution is -0.136. The molecule has 1 aromatic rings. The van der Waals surface area contributed by atoms with Gasteiger partial charge in [0.2, 0.25) is 0 Å². The van der Waals surface area contributed by atoms with Crippen LogP contribution in [-0.2, 0) is 9.59 Å². The maximum Gasteiger partial charge on any atom is 0.313 e. The standard InChI is InChI=1S/C20H28ClN3O3/c1-24(2)12-13-27-18-9-8-16(14-17(18)21)23-20(26)19(25)22-11-10-15-6-4-3-5-7-15/h6,8-9,14H,3-5,7,10-13H2,1-2H3,(H,22,25)(H,23,26). The minimum Gasteiger partial charge on any atom is -0.491 e. The Kier molecular flexibility index (Phi) is 8.61. The third-order valence-electron chi connectivity index (χ3n) is 4.31. The Hall–Kier alpha value is -2.05. The van der Waals surface area contributed by atoms with E-state index < -0.39 is 11.8 Å². The first-order valence-electron chi connectivity index (χ1n) is 9.30. The van der Waals surface area contributed by atoms with Gasteiger partial charge in [-0.3, -0.25) is 9.59 Å². The van der Waals surface area contributed by atoms with Crippen molar-refractivity contribution in [3.05, 3.63) is 34.9 Å². The molecule has 0 radical (unpaired) electrons. The van der Waals surface area contributed by atoms with Crippen molar-refractivity contribution in [2.45, 2.75) is 32.1 Å². The highest BCUT2D eigenvalue weighted by Gasteiger charge is 2.14. The number of rotatable bonds is 8. The van der Waals surface area contributed by atoms with E-state index in [4.69, 9.17) is 16.3 Å². The molecule has 0 saturated heterocycles. The Morgan fingerprint density at radius 1 is 1.22 bits per heavy atom. The Labute approximate surface area is 165 Å². The molecule has 27 heavy (non-hydrogen) atoms. The zero-order valence-corrected chi connectivity index (χ0v) is 16.8. The molecule has 2 N–H and O–H groups in total. The number of nitrogens with one attached hydrogen (secondary N) is 2. The molecule has 0 bridgehead atoms. The van der Waals surface area contributed by atoms with Gasteiger partial charge in [-0.15, -0.1) is 0 Å². The van der Waals surface area contributed by atoms with Crippen LogP contribution >= 0.6 is 11.6 Å². The highest BCUT2D eigenvalue weighted by molar-refractivity contribution is 6.40. The second kappa shape index (κ2) is 10.9. The van der Waals surface area contributed by atoms with E-state index in [1.807, 2.05) is 19.0 Å². The number of amides is 2. The number of halogens is 1. The Balaban J connectivity index is 1.77. The van der Waals surface area contributed by atoms with Gasteiger partial charge in [-0.25, -0.2) is 0 Å². The highest BCUT2D eigenvalue weighted by atomic mass is 35.5. The Bertz CT molecular complexity index is 689. The molecule has 1 aliphatic rings. The third kappa shape index (κ3) is 7.61. The maximum absolute atomic E-state index is 12.0. The molecule has 0 aromatic heterocycles. The van der Waals surface area contributed by atoms with Crippen LogP contribution in [0.15, 0.2) is 29.8 Å². The van der Waals surface area contributed by atoms with Gasteiger partial charge in [0, 0.05) is 18.8 Å². The fraction of sp³-hybridized carbons (Fsp3) is 0.500. The largest absolute Gasteiger partial charge is 0.491 e. The van der Waals surface area contributed by atoms with Crippen LogP contribution in [0.1, 0.15) is 32.1 Å². The summed E-state index contributed by atoms with van der Waals surface area (Å²) < 4.78 is 5.59. The van der Waals surface area contributed by atoms with Crippen LogP contribution < -0.4 is 15.4 Å². The van der Waals surface area contributed by atoms with Crippen LogP contribution in [0.4, 0.5) is 5.69 Å². The summed E-state index contributed by atoms with van der Waals surface area (Å²) in [5.41, 5.74) is 1.81. The van der Waals surface area contributed by atoms with Gasteiger partial charge >= 0.3 is 11.8 Å². The smallest absolute Gasteiger partial charge is 0.313 e. The number of allylic oxidation sites excluding steroid dienone is 1. The molecule has 7 heteroatoms. The number of benzene rings is 1. The van der Waals surface area contributed by atoms with Gasteiger partial charge in [-0.2, -0.15) is 0 Å². The van der Waals surface area contributed by atoms with E-state index in [1.54, 1.807) is 18.2 Å². The molecule has 0 fully saturated rings. The predicted molar refractivity (Wildman–Crippen MR) is 108 cm³/mol. The van der Waals surface area contributed by atoms with Gasteiger partial charge in [-0.1, -0.05) is 23.3 Å². The summed E-state index contributed by atoms with van der Waals surface area (Å²) in [6, 6.07) is 4.92. The number of ether oxygens (including phenoxy) is 1. The number of carbonyl (C=O) groups is 2. The number of hydrogen-bond donors (Lipinski definition) is 2. The van der Waals surface area contributed by atoms with Crippen LogP contribution in [0.3, 0.4) is 0 Å². The molecule has 0 heterocycles. The topological polar surface area (TPSA) is 70.7 Å². The van der Waals surface area contributed by atoms with Gasteiger partial charge in [0.1, 0.15) is 12.4 Å². The zero-order chi connectivity index (χ0) is 19.6. The summed E-state index contributed by atoms with van der Waals surface area (Å²) in [5, 5.41) is 5.60. The molecule has 0 atom stereocenters. The van der Waals surface area contributed by atoms with Crippen molar-refractivity contribution in [1.82, 2.24) is 10.2 Å². The lowest BCUT2D eigenvalue weighted by Gasteiger charge is -2.13. The van der Waals surface area contributed by atoms with E-state index in [0.29, 0.717) is 29.6 Å². The summed E-state index contributed by atoms with van der Waals surface area (Å²) in [6.07, 6.45) is 7.67. The second-order valence-electron chi connectivity index (χ2n) is 6.87. The number of anilines is 1. The minimum absolute atomic E-state index is 0.385. The molecule has 0 unspecified atom stereocenters. The number of carbonyl (C=O) groups excluding carboxylic acids is 2. The molecule has 1 aromatic carbocycles. The van der Waals surface area contributed by atoms with E-state index in [-0.39, 0.29) is 0 Å². The molecule has 6 nitrogen and oxygen atoms in total. The normalized spacial score (nSPS) is 13.9. The van der Waals surface area contributed by atoms with Gasteiger partial charge in [0.25, 0.3) is 0 Å². The molecule has 0 spiro atoms. The van der Waals surface area contributed by atoms with E-state index in [0.717, 1.165) is 25.8 Å². The predicted octanol–water partition coefficient (Wildman–Crippen LogP) is 3.23. The van der Waals surface area contributed by atoms with Crippen molar-refractivity contribution in [3.8, 4) is 5.75 Å². The van der Waals surface area contributed by atoms with Crippen LogP contribution in [0.25, 0.3) is 0 Å². The molecule has 2 amide bonds. The Morgan fingerprint density at radius 3 is 2.70 bits per heavy atom. The summed E-state index contributed by atoms with van der Waals surface area (Å²) in [5.74, 6) is -0.805. The van der Waals surface area contributed by atoms with Crippen molar-refractivity contribution in [2.75, 3.05) is 39.1 Å². The molecular formula is C20H28ClN3O3. The van der Waals surface area contributed by atoms with Gasteiger partial charge in [0.15, 0.2) is 0 Å². The fourth-order valence-electron chi connectivity index (χ4n) is 2.77. The van der Waals surface area contributed by atoms with Crippen molar-refractivity contribution >= 4 is 29.1 Å². The number of hydrogen-bond acceptors (Lipinski definition) is 4. The van der Waals surface area contributed by atoms with Crippen molar-refractivity contribution in [1.29, 1.82) is 0 Å². The van der Waals surface area contributed by atoms with E-state index in [1.165, 1.54) is 18.4 Å². The lowest BCUT2D eigenvalue weighted by Crippen LogP contribution is -2.36. The first kappa shape index (κ1) is 21.3. The highest BCUT2D eigenvalue weighted by Crippen LogP contribution is 2.27. The number of nitrogens with zero attached hydrogens (tertiary/aromatic N) is 1. The van der Waals surface area contributed by atoms with Crippen LogP contribution in [0.2, 0.25) is 5.02 Å². The average Bonchev–Trinajstić information content (AvgIpc) is 2.64. The molecule has 2 rings (SSSR count). The van der Waals surface area contributed by atoms with E-state index >= 15 is 0 Å². The number of likely N-dealkylation sites (N-methyl/N-ethyl adjacent to an activating group) is 1. The van der Waals surface area contributed by atoms with E-state index in [2.05, 4.69) is 16.7 Å². The van der Waals surface area contributed by atoms with Gasteiger partial charge in [-0.05, 0) is 64.4 Å².